The van der Waals surface area contributed by atoms with Crippen LogP contribution >= 0.6 is 24.0 Å². The second-order valence-electron chi connectivity index (χ2n) is 6.93. The monoisotopic (exact) mass is 451 g/mol. The van der Waals surface area contributed by atoms with Gasteiger partial charge in [0, 0.05) is 59.4 Å². The predicted octanol–water partition coefficient (Wildman–Crippen LogP) is 2.35. The van der Waals surface area contributed by atoms with Crippen molar-refractivity contribution in [2.75, 3.05) is 60.4 Å². The number of guanidine groups is 1. The van der Waals surface area contributed by atoms with Crippen molar-refractivity contribution in [2.24, 2.45) is 10.9 Å². The van der Waals surface area contributed by atoms with E-state index in [4.69, 9.17) is 0 Å². The molecule has 0 aromatic rings. The molecule has 1 fully saturated rings. The van der Waals surface area contributed by atoms with E-state index >= 15 is 0 Å². The van der Waals surface area contributed by atoms with Gasteiger partial charge in [-0.2, -0.15) is 0 Å². The number of rotatable bonds is 8. The molecule has 5 nitrogen and oxygen atoms in total. The summed E-state index contributed by atoms with van der Waals surface area (Å²) < 4.78 is 0. The van der Waals surface area contributed by atoms with Crippen molar-refractivity contribution in [3.05, 3.63) is 12.7 Å². The molecule has 0 aliphatic carbocycles. The zero-order valence-electron chi connectivity index (χ0n) is 16.3. The summed E-state index contributed by atoms with van der Waals surface area (Å²) in [6, 6.07) is 0.557. The van der Waals surface area contributed by atoms with Gasteiger partial charge >= 0.3 is 0 Å². The second-order valence-corrected chi connectivity index (χ2v) is 6.93. The first-order valence-corrected chi connectivity index (χ1v) is 8.94. The van der Waals surface area contributed by atoms with E-state index in [-0.39, 0.29) is 24.0 Å². The minimum absolute atomic E-state index is 0. The fourth-order valence-electron chi connectivity index (χ4n) is 3.10. The molecule has 142 valence electrons. The summed E-state index contributed by atoms with van der Waals surface area (Å²) in [5, 5.41) is 3.58. The average molecular weight is 451 g/mol. The lowest BCUT2D eigenvalue weighted by Crippen LogP contribution is -2.55. The van der Waals surface area contributed by atoms with Crippen LogP contribution in [0.1, 0.15) is 26.7 Å². The van der Waals surface area contributed by atoms with Crippen molar-refractivity contribution in [2.45, 2.75) is 32.7 Å². The van der Waals surface area contributed by atoms with Gasteiger partial charge in [0.15, 0.2) is 5.96 Å². The SMILES string of the molecule is C=CCCCN(C)C(=NC)NCC(C(C)C)N1CCN(C)CC1.I. The first kappa shape index (κ1) is 23.7. The molecule has 1 saturated heterocycles. The number of likely N-dealkylation sites (N-methyl/N-ethyl adjacent to an activating group) is 1. The normalized spacial score (nSPS) is 18.2. The van der Waals surface area contributed by atoms with E-state index in [1.807, 2.05) is 13.1 Å². The van der Waals surface area contributed by atoms with E-state index in [0.29, 0.717) is 12.0 Å². The van der Waals surface area contributed by atoms with Crippen molar-refractivity contribution in [3.8, 4) is 0 Å². The van der Waals surface area contributed by atoms with Gasteiger partial charge in [0.2, 0.25) is 0 Å². The number of piperazine rings is 1. The van der Waals surface area contributed by atoms with Crippen LogP contribution in [0.4, 0.5) is 0 Å². The van der Waals surface area contributed by atoms with E-state index in [2.05, 4.69) is 59.5 Å². The summed E-state index contributed by atoms with van der Waals surface area (Å²) in [5.74, 6) is 1.63. The standard InChI is InChI=1S/C18H37N5.HI/c1-7-8-9-10-22(6)18(19-4)20-15-17(16(2)3)23-13-11-21(5)12-14-23;/h7,16-17H,1,8-15H2,2-6H3,(H,19,20);1H. The van der Waals surface area contributed by atoms with Crippen LogP contribution in [0.25, 0.3) is 0 Å². The molecular formula is C18H38IN5. The van der Waals surface area contributed by atoms with Crippen molar-refractivity contribution < 1.29 is 0 Å². The zero-order valence-corrected chi connectivity index (χ0v) is 18.6. The third-order valence-corrected chi connectivity index (χ3v) is 4.72. The fourth-order valence-corrected chi connectivity index (χ4v) is 3.10. The second kappa shape index (κ2) is 12.9. The molecule has 24 heavy (non-hydrogen) atoms. The van der Waals surface area contributed by atoms with Crippen LogP contribution in [0.3, 0.4) is 0 Å². The number of nitrogens with zero attached hydrogens (tertiary/aromatic N) is 4. The molecule has 1 rings (SSSR count). The highest BCUT2D eigenvalue weighted by Gasteiger charge is 2.25. The Morgan fingerprint density at radius 2 is 1.92 bits per heavy atom. The molecule has 0 aromatic heterocycles. The molecule has 0 radical (unpaired) electrons. The van der Waals surface area contributed by atoms with Crippen LogP contribution in [-0.2, 0) is 0 Å². The minimum atomic E-state index is 0. The lowest BCUT2D eigenvalue weighted by Gasteiger charge is -2.40. The van der Waals surface area contributed by atoms with Gasteiger partial charge in [0.05, 0.1) is 0 Å². The Morgan fingerprint density at radius 1 is 1.29 bits per heavy atom. The Hall–Kier alpha value is -0.340. The number of unbranched alkanes of at least 4 members (excludes halogenated alkanes) is 1. The fraction of sp³-hybridized carbons (Fsp3) is 0.833. The van der Waals surface area contributed by atoms with Crippen LogP contribution in [0, 0.1) is 5.92 Å². The number of hydrogen-bond donors (Lipinski definition) is 1. The first-order chi connectivity index (χ1) is 11.0. The summed E-state index contributed by atoms with van der Waals surface area (Å²) in [4.78, 5) is 11.7. The van der Waals surface area contributed by atoms with Crippen molar-refractivity contribution in [1.29, 1.82) is 0 Å². The molecule has 1 aliphatic rings. The van der Waals surface area contributed by atoms with Gasteiger partial charge in [-0.1, -0.05) is 19.9 Å². The van der Waals surface area contributed by atoms with Gasteiger partial charge < -0.3 is 15.1 Å². The number of nitrogens with one attached hydrogen (secondary N) is 1. The zero-order chi connectivity index (χ0) is 17.2. The van der Waals surface area contributed by atoms with Gasteiger partial charge in [-0.05, 0) is 25.8 Å². The quantitative estimate of drug-likeness (QED) is 0.202. The lowest BCUT2D eigenvalue weighted by atomic mass is 10.0. The number of hydrogen-bond acceptors (Lipinski definition) is 3. The molecular weight excluding hydrogens is 413 g/mol. The average Bonchev–Trinajstić information content (AvgIpc) is 2.52. The maximum Gasteiger partial charge on any atom is 0.193 e. The summed E-state index contributed by atoms with van der Waals surface area (Å²) in [5.41, 5.74) is 0. The van der Waals surface area contributed by atoms with Crippen LogP contribution < -0.4 is 5.32 Å². The highest BCUT2D eigenvalue weighted by atomic mass is 127. The van der Waals surface area contributed by atoms with E-state index in [1.165, 1.54) is 13.1 Å². The molecule has 0 bridgehead atoms. The van der Waals surface area contributed by atoms with E-state index < -0.39 is 0 Å². The van der Waals surface area contributed by atoms with Crippen LogP contribution in [-0.4, -0.2) is 87.1 Å². The van der Waals surface area contributed by atoms with Gasteiger partial charge in [0.25, 0.3) is 0 Å². The molecule has 0 saturated carbocycles. The van der Waals surface area contributed by atoms with Gasteiger partial charge in [-0.25, -0.2) is 0 Å². The molecule has 6 heteroatoms. The molecule has 0 aromatic carbocycles. The van der Waals surface area contributed by atoms with E-state index in [9.17, 15) is 0 Å². The summed E-state index contributed by atoms with van der Waals surface area (Å²) >= 11 is 0. The van der Waals surface area contributed by atoms with Crippen molar-refractivity contribution in [3.63, 3.8) is 0 Å². The molecule has 1 heterocycles. The molecule has 1 unspecified atom stereocenters. The Bertz CT molecular complexity index is 364. The van der Waals surface area contributed by atoms with Gasteiger partial charge in [0.1, 0.15) is 0 Å². The highest BCUT2D eigenvalue weighted by molar-refractivity contribution is 14.0. The lowest BCUT2D eigenvalue weighted by molar-refractivity contribution is 0.0897. The number of allylic oxidation sites excluding steroid dienone is 1. The Labute approximate surface area is 166 Å². The minimum Gasteiger partial charge on any atom is -0.355 e. The Kier molecular flexibility index (Phi) is 12.8. The Balaban J connectivity index is 0.00000529. The summed E-state index contributed by atoms with van der Waals surface area (Å²) in [6.45, 7) is 15.0. The Morgan fingerprint density at radius 3 is 2.42 bits per heavy atom. The van der Waals surface area contributed by atoms with E-state index in [0.717, 1.165) is 45.0 Å². The van der Waals surface area contributed by atoms with Crippen LogP contribution in [0.5, 0.6) is 0 Å². The smallest absolute Gasteiger partial charge is 0.193 e. The van der Waals surface area contributed by atoms with Gasteiger partial charge in [-0.15, -0.1) is 30.6 Å². The first-order valence-electron chi connectivity index (χ1n) is 8.94. The third kappa shape index (κ3) is 8.16. The van der Waals surface area contributed by atoms with Crippen molar-refractivity contribution in [1.82, 2.24) is 20.0 Å². The van der Waals surface area contributed by atoms with Crippen LogP contribution in [0.15, 0.2) is 17.6 Å². The summed E-state index contributed by atoms with van der Waals surface area (Å²) in [6.07, 6.45) is 4.15. The van der Waals surface area contributed by atoms with Gasteiger partial charge in [-0.3, -0.25) is 9.89 Å². The topological polar surface area (TPSA) is 34.1 Å². The molecule has 0 spiro atoms. The van der Waals surface area contributed by atoms with E-state index in [1.54, 1.807) is 0 Å². The predicted molar refractivity (Wildman–Crippen MR) is 117 cm³/mol. The number of aliphatic imine (C=N–C) groups is 1. The maximum atomic E-state index is 4.43. The molecule has 1 aliphatic heterocycles. The van der Waals surface area contributed by atoms with Crippen LogP contribution in [0.2, 0.25) is 0 Å². The summed E-state index contributed by atoms with van der Waals surface area (Å²) in [7, 11) is 6.19. The maximum absolute atomic E-state index is 4.43. The largest absolute Gasteiger partial charge is 0.355 e. The van der Waals surface area contributed by atoms with Crippen molar-refractivity contribution >= 4 is 29.9 Å². The third-order valence-electron chi connectivity index (χ3n) is 4.72. The highest BCUT2D eigenvalue weighted by Crippen LogP contribution is 2.13. The molecule has 0 amide bonds. The molecule has 1 atom stereocenters. The number of halogens is 1. The molecule has 1 N–H and O–H groups in total.